The standard InChI is InChI=1S/C17H25N3O5S/c1-24-14-9-15(25-2)20-13(19-14)10-26-8-7-18-16(21)11-5-3-4-6-12(11)17(22)23/h9,11-12H,3-8,10H2,1-2H3,(H,18,21)(H,22,23)/t11-,12+/m0/s1. The van der Waals surface area contributed by atoms with Crippen LogP contribution in [0.5, 0.6) is 11.8 Å². The summed E-state index contributed by atoms with van der Waals surface area (Å²) >= 11 is 1.57. The average molecular weight is 383 g/mol. The van der Waals surface area contributed by atoms with Crippen LogP contribution < -0.4 is 14.8 Å². The highest BCUT2D eigenvalue weighted by Gasteiger charge is 2.35. The molecule has 26 heavy (non-hydrogen) atoms. The second kappa shape index (κ2) is 10.2. The van der Waals surface area contributed by atoms with Gasteiger partial charge in [0, 0.05) is 12.3 Å². The minimum absolute atomic E-state index is 0.156. The summed E-state index contributed by atoms with van der Waals surface area (Å²) in [5.41, 5.74) is 0. The second-order valence-corrected chi connectivity index (χ2v) is 7.15. The van der Waals surface area contributed by atoms with E-state index in [1.165, 1.54) is 14.2 Å². The Balaban J connectivity index is 1.75. The number of ether oxygens (including phenoxy) is 2. The summed E-state index contributed by atoms with van der Waals surface area (Å²) in [5, 5.41) is 12.1. The van der Waals surface area contributed by atoms with Gasteiger partial charge in [-0.3, -0.25) is 9.59 Å². The number of rotatable bonds is 9. The average Bonchev–Trinajstić information content (AvgIpc) is 2.67. The fourth-order valence-corrected chi connectivity index (χ4v) is 3.71. The first kappa shape index (κ1) is 20.3. The Kier molecular flexibility index (Phi) is 7.96. The lowest BCUT2D eigenvalue weighted by Gasteiger charge is -2.27. The van der Waals surface area contributed by atoms with Crippen molar-refractivity contribution in [2.75, 3.05) is 26.5 Å². The van der Waals surface area contributed by atoms with E-state index in [9.17, 15) is 14.7 Å². The number of nitrogens with one attached hydrogen (secondary N) is 1. The third kappa shape index (κ3) is 5.76. The molecule has 9 heteroatoms. The van der Waals surface area contributed by atoms with Crippen LogP contribution in [-0.4, -0.2) is 53.5 Å². The van der Waals surface area contributed by atoms with Crippen LogP contribution in [0.25, 0.3) is 0 Å². The second-order valence-electron chi connectivity index (χ2n) is 6.05. The van der Waals surface area contributed by atoms with Gasteiger partial charge in [0.05, 0.1) is 37.9 Å². The number of carboxylic acid groups (broad SMARTS) is 1. The van der Waals surface area contributed by atoms with Gasteiger partial charge in [-0.1, -0.05) is 12.8 Å². The Bertz CT molecular complexity index is 606. The van der Waals surface area contributed by atoms with E-state index in [0.29, 0.717) is 48.5 Å². The van der Waals surface area contributed by atoms with Gasteiger partial charge in [-0.2, -0.15) is 21.7 Å². The van der Waals surface area contributed by atoms with Crippen molar-refractivity contribution < 1.29 is 24.2 Å². The zero-order valence-corrected chi connectivity index (χ0v) is 15.9. The topological polar surface area (TPSA) is 111 Å². The monoisotopic (exact) mass is 383 g/mol. The van der Waals surface area contributed by atoms with E-state index in [1.807, 2.05) is 0 Å². The number of thioether (sulfide) groups is 1. The lowest BCUT2D eigenvalue weighted by atomic mass is 9.79. The molecule has 0 spiro atoms. The molecular formula is C17H25N3O5S. The van der Waals surface area contributed by atoms with E-state index >= 15 is 0 Å². The van der Waals surface area contributed by atoms with Crippen LogP contribution in [0, 0.1) is 11.8 Å². The molecule has 0 aromatic carbocycles. The van der Waals surface area contributed by atoms with Crippen molar-refractivity contribution in [3.05, 3.63) is 11.9 Å². The number of methoxy groups -OCH3 is 2. The van der Waals surface area contributed by atoms with Gasteiger partial charge in [-0.05, 0) is 12.8 Å². The first-order valence-corrected chi connectivity index (χ1v) is 9.74. The highest BCUT2D eigenvalue weighted by atomic mass is 32.2. The highest BCUT2D eigenvalue weighted by Crippen LogP contribution is 2.30. The van der Waals surface area contributed by atoms with Gasteiger partial charge in [-0.15, -0.1) is 0 Å². The molecule has 1 fully saturated rings. The molecule has 1 aliphatic carbocycles. The minimum Gasteiger partial charge on any atom is -0.481 e. The molecule has 1 aliphatic rings. The molecule has 1 amide bonds. The largest absolute Gasteiger partial charge is 0.481 e. The van der Waals surface area contributed by atoms with Gasteiger partial charge in [0.25, 0.3) is 0 Å². The number of aromatic nitrogens is 2. The SMILES string of the molecule is COc1cc(OC)nc(CSCCNC(=O)[C@H]2CCCC[C@H]2C(=O)O)n1. The van der Waals surface area contributed by atoms with Gasteiger partial charge < -0.3 is 19.9 Å². The van der Waals surface area contributed by atoms with Crippen LogP contribution in [-0.2, 0) is 15.3 Å². The molecule has 2 atom stereocenters. The molecule has 8 nitrogen and oxygen atoms in total. The Morgan fingerprint density at radius 1 is 1.19 bits per heavy atom. The third-order valence-corrected chi connectivity index (χ3v) is 5.30. The van der Waals surface area contributed by atoms with Gasteiger partial charge >= 0.3 is 5.97 Å². The molecule has 0 bridgehead atoms. The number of nitrogens with zero attached hydrogens (tertiary/aromatic N) is 2. The molecule has 1 saturated carbocycles. The maximum absolute atomic E-state index is 12.3. The molecule has 2 N–H and O–H groups in total. The van der Waals surface area contributed by atoms with Crippen molar-refractivity contribution in [3.63, 3.8) is 0 Å². The van der Waals surface area contributed by atoms with Crippen molar-refractivity contribution in [1.29, 1.82) is 0 Å². The number of carboxylic acids is 1. The van der Waals surface area contributed by atoms with Crippen molar-refractivity contribution in [2.45, 2.75) is 31.4 Å². The van der Waals surface area contributed by atoms with Crippen molar-refractivity contribution in [1.82, 2.24) is 15.3 Å². The Hall–Kier alpha value is -2.03. The molecule has 0 saturated heterocycles. The number of carbonyl (C=O) groups is 2. The molecule has 1 aromatic heterocycles. The Morgan fingerprint density at radius 3 is 2.38 bits per heavy atom. The quantitative estimate of drug-likeness (QED) is 0.620. The predicted molar refractivity (Wildman–Crippen MR) is 97.4 cm³/mol. The molecule has 1 aromatic rings. The maximum Gasteiger partial charge on any atom is 0.307 e. The van der Waals surface area contributed by atoms with Crippen molar-refractivity contribution in [3.8, 4) is 11.8 Å². The fourth-order valence-electron chi connectivity index (χ4n) is 3.00. The van der Waals surface area contributed by atoms with Gasteiger partial charge in [0.2, 0.25) is 17.7 Å². The molecule has 0 radical (unpaired) electrons. The van der Waals surface area contributed by atoms with Crippen LogP contribution in [0.15, 0.2) is 6.07 Å². The van der Waals surface area contributed by atoms with Gasteiger partial charge in [0.1, 0.15) is 5.82 Å². The zero-order chi connectivity index (χ0) is 18.9. The first-order chi connectivity index (χ1) is 12.5. The molecule has 2 rings (SSSR count). The Morgan fingerprint density at radius 2 is 1.81 bits per heavy atom. The molecule has 144 valence electrons. The van der Waals surface area contributed by atoms with Gasteiger partial charge in [0.15, 0.2) is 0 Å². The molecule has 0 aliphatic heterocycles. The molecule has 0 unspecified atom stereocenters. The lowest BCUT2D eigenvalue weighted by Crippen LogP contribution is -2.40. The number of amides is 1. The van der Waals surface area contributed by atoms with E-state index in [4.69, 9.17) is 9.47 Å². The van der Waals surface area contributed by atoms with E-state index in [2.05, 4.69) is 15.3 Å². The summed E-state index contributed by atoms with van der Waals surface area (Å²) in [7, 11) is 3.06. The van der Waals surface area contributed by atoms with Crippen LogP contribution in [0.4, 0.5) is 0 Å². The number of hydrogen-bond acceptors (Lipinski definition) is 7. The van der Waals surface area contributed by atoms with Crippen LogP contribution >= 0.6 is 11.8 Å². The fraction of sp³-hybridized carbons (Fsp3) is 0.647. The third-order valence-electron chi connectivity index (χ3n) is 4.34. The summed E-state index contributed by atoms with van der Waals surface area (Å²) in [6.07, 6.45) is 3.01. The smallest absolute Gasteiger partial charge is 0.307 e. The Labute approximate surface area is 157 Å². The first-order valence-electron chi connectivity index (χ1n) is 8.59. The van der Waals surface area contributed by atoms with Crippen LogP contribution in [0.3, 0.4) is 0 Å². The predicted octanol–water partition coefficient (Wildman–Crippen LogP) is 1.73. The van der Waals surface area contributed by atoms with E-state index in [1.54, 1.807) is 17.8 Å². The number of hydrogen-bond donors (Lipinski definition) is 2. The minimum atomic E-state index is -0.872. The van der Waals surface area contributed by atoms with Crippen LogP contribution in [0.2, 0.25) is 0 Å². The number of carbonyl (C=O) groups excluding carboxylic acids is 1. The summed E-state index contributed by atoms with van der Waals surface area (Å²) in [6.45, 7) is 0.480. The molecular weight excluding hydrogens is 358 g/mol. The van der Waals surface area contributed by atoms with Gasteiger partial charge in [-0.25, -0.2) is 0 Å². The summed E-state index contributed by atoms with van der Waals surface area (Å²) in [6, 6.07) is 1.61. The van der Waals surface area contributed by atoms with Crippen molar-refractivity contribution >= 4 is 23.6 Å². The summed E-state index contributed by atoms with van der Waals surface area (Å²) in [4.78, 5) is 32.1. The van der Waals surface area contributed by atoms with Crippen LogP contribution in [0.1, 0.15) is 31.5 Å². The highest BCUT2D eigenvalue weighted by molar-refractivity contribution is 7.98. The maximum atomic E-state index is 12.3. The zero-order valence-electron chi connectivity index (χ0n) is 15.1. The molecule has 1 heterocycles. The lowest BCUT2D eigenvalue weighted by molar-refractivity contribution is -0.148. The van der Waals surface area contributed by atoms with E-state index < -0.39 is 17.8 Å². The summed E-state index contributed by atoms with van der Waals surface area (Å²) < 4.78 is 10.2. The van der Waals surface area contributed by atoms with E-state index in [-0.39, 0.29) is 5.91 Å². The number of aliphatic carboxylic acids is 1. The van der Waals surface area contributed by atoms with Crippen molar-refractivity contribution in [2.24, 2.45) is 11.8 Å². The van der Waals surface area contributed by atoms with E-state index in [0.717, 1.165) is 12.8 Å². The summed E-state index contributed by atoms with van der Waals surface area (Å²) in [5.74, 6) is 0.710. The normalized spacial score (nSPS) is 19.6.